The minimum Gasteiger partial charge on any atom is -0.508 e. The number of rotatable bonds is 3. The van der Waals surface area contributed by atoms with E-state index in [0.717, 1.165) is 19.3 Å². The van der Waals surface area contributed by atoms with Crippen molar-refractivity contribution in [2.45, 2.75) is 25.3 Å². The number of benzene rings is 2. The summed E-state index contributed by atoms with van der Waals surface area (Å²) in [6, 6.07) is 4.54. The molecule has 1 N–H and O–H groups in total. The molecule has 0 aromatic heterocycles. The topological polar surface area (TPSA) is 23.5 Å². The van der Waals surface area contributed by atoms with Crippen molar-refractivity contribution in [1.29, 1.82) is 0 Å². The Balaban J connectivity index is 2.24. The highest BCUT2D eigenvalue weighted by Crippen LogP contribution is 2.39. The van der Waals surface area contributed by atoms with Gasteiger partial charge in [-0.2, -0.15) is 0 Å². The highest BCUT2D eigenvalue weighted by atomic mass is 19.2. The van der Waals surface area contributed by atoms with Crippen LogP contribution in [0.5, 0.6) is 5.75 Å². The molecule has 0 bridgehead atoms. The van der Waals surface area contributed by atoms with Gasteiger partial charge >= 0.3 is 0 Å². The summed E-state index contributed by atoms with van der Waals surface area (Å²) in [6.45, 7) is 0.858. The predicted molar refractivity (Wildman–Crippen MR) is 81.6 cm³/mol. The van der Waals surface area contributed by atoms with E-state index in [1.54, 1.807) is 4.90 Å². The van der Waals surface area contributed by atoms with Crippen LogP contribution < -0.4 is 0 Å². The monoisotopic (exact) mass is 357 g/mol. The van der Waals surface area contributed by atoms with Crippen LogP contribution in [-0.2, 0) is 0 Å². The van der Waals surface area contributed by atoms with Gasteiger partial charge < -0.3 is 5.11 Å². The van der Waals surface area contributed by atoms with E-state index in [9.17, 15) is 27.1 Å². The SMILES string of the molecule is Oc1ccccc1C(c1c(F)c(F)c(F)c(F)c1F)N1CCCCC1. The van der Waals surface area contributed by atoms with Gasteiger partial charge in [0.1, 0.15) is 5.75 Å². The fourth-order valence-electron chi connectivity index (χ4n) is 3.29. The summed E-state index contributed by atoms with van der Waals surface area (Å²) in [5.74, 6) is -10.1. The second-order valence-corrected chi connectivity index (χ2v) is 6.04. The molecule has 25 heavy (non-hydrogen) atoms. The van der Waals surface area contributed by atoms with E-state index < -0.39 is 40.7 Å². The lowest BCUT2D eigenvalue weighted by Crippen LogP contribution is -2.36. The number of piperidine rings is 1. The number of aromatic hydroxyl groups is 1. The van der Waals surface area contributed by atoms with Crippen molar-refractivity contribution in [1.82, 2.24) is 4.90 Å². The number of nitrogens with zero attached hydrogens (tertiary/aromatic N) is 1. The maximum absolute atomic E-state index is 14.4. The van der Waals surface area contributed by atoms with E-state index in [1.165, 1.54) is 24.3 Å². The van der Waals surface area contributed by atoms with Crippen LogP contribution >= 0.6 is 0 Å². The summed E-state index contributed by atoms with van der Waals surface area (Å²) in [7, 11) is 0. The van der Waals surface area contributed by atoms with Gasteiger partial charge in [0.05, 0.1) is 11.6 Å². The van der Waals surface area contributed by atoms with E-state index in [2.05, 4.69) is 0 Å². The first-order valence-corrected chi connectivity index (χ1v) is 7.96. The molecular formula is C18H16F5NO. The molecule has 3 rings (SSSR count). The molecule has 0 aliphatic carbocycles. The average Bonchev–Trinajstić information content (AvgIpc) is 2.63. The molecular weight excluding hydrogens is 341 g/mol. The van der Waals surface area contributed by atoms with Crippen molar-refractivity contribution < 1.29 is 27.1 Å². The van der Waals surface area contributed by atoms with Crippen molar-refractivity contribution in [2.24, 2.45) is 0 Å². The molecule has 0 saturated carbocycles. The number of halogens is 5. The summed E-state index contributed by atoms with van der Waals surface area (Å²) in [5, 5.41) is 10.1. The van der Waals surface area contributed by atoms with Crippen molar-refractivity contribution >= 4 is 0 Å². The summed E-state index contributed by atoms with van der Waals surface area (Å²) in [4.78, 5) is 1.64. The Hall–Kier alpha value is -2.15. The molecule has 0 amide bonds. The van der Waals surface area contributed by atoms with E-state index in [-0.39, 0.29) is 11.3 Å². The third-order valence-electron chi connectivity index (χ3n) is 4.50. The second kappa shape index (κ2) is 7.00. The average molecular weight is 357 g/mol. The minimum absolute atomic E-state index is 0.104. The Morgan fingerprint density at radius 2 is 1.28 bits per heavy atom. The Kier molecular flexibility index (Phi) is 4.94. The zero-order chi connectivity index (χ0) is 18.1. The molecule has 7 heteroatoms. The van der Waals surface area contributed by atoms with E-state index >= 15 is 0 Å². The largest absolute Gasteiger partial charge is 0.508 e. The number of phenolic OH excluding ortho intramolecular Hbond substituents is 1. The second-order valence-electron chi connectivity index (χ2n) is 6.04. The molecule has 1 unspecified atom stereocenters. The van der Waals surface area contributed by atoms with Gasteiger partial charge in [-0.3, -0.25) is 4.90 Å². The lowest BCUT2D eigenvalue weighted by atomic mass is 9.93. The van der Waals surface area contributed by atoms with Crippen LogP contribution in [0.2, 0.25) is 0 Å². The molecule has 2 aromatic rings. The molecule has 1 saturated heterocycles. The molecule has 1 atom stereocenters. The van der Waals surface area contributed by atoms with Gasteiger partial charge in [-0.1, -0.05) is 24.6 Å². The van der Waals surface area contributed by atoms with E-state index in [4.69, 9.17) is 0 Å². The van der Waals surface area contributed by atoms with Crippen molar-refractivity contribution in [2.75, 3.05) is 13.1 Å². The summed E-state index contributed by atoms with van der Waals surface area (Å²) >= 11 is 0. The van der Waals surface area contributed by atoms with E-state index in [1.807, 2.05) is 0 Å². The molecule has 134 valence electrons. The first kappa shape index (κ1) is 17.7. The highest BCUT2D eigenvalue weighted by Gasteiger charge is 2.35. The molecule has 0 spiro atoms. The smallest absolute Gasteiger partial charge is 0.200 e. The van der Waals surface area contributed by atoms with Crippen LogP contribution in [0, 0.1) is 29.1 Å². The number of likely N-dealkylation sites (tertiary alicyclic amines) is 1. The van der Waals surface area contributed by atoms with Crippen molar-refractivity contribution in [3.05, 3.63) is 64.5 Å². The van der Waals surface area contributed by atoms with Gasteiger partial charge in [-0.05, 0) is 32.0 Å². The van der Waals surface area contributed by atoms with Gasteiger partial charge in [0.2, 0.25) is 5.82 Å². The Labute approximate surface area is 141 Å². The Bertz CT molecular complexity index is 760. The molecule has 2 aromatic carbocycles. The third kappa shape index (κ3) is 3.08. The van der Waals surface area contributed by atoms with Crippen LogP contribution in [0.1, 0.15) is 36.4 Å². The van der Waals surface area contributed by atoms with Crippen LogP contribution in [0.25, 0.3) is 0 Å². The zero-order valence-corrected chi connectivity index (χ0v) is 13.2. The van der Waals surface area contributed by atoms with Gasteiger partial charge in [0, 0.05) is 5.56 Å². The Morgan fingerprint density at radius 1 is 0.760 bits per heavy atom. The van der Waals surface area contributed by atoms with Gasteiger partial charge in [0.15, 0.2) is 23.3 Å². The van der Waals surface area contributed by atoms with Gasteiger partial charge in [-0.15, -0.1) is 0 Å². The summed E-state index contributed by atoms with van der Waals surface area (Å²) in [6.07, 6.45) is 2.39. The quantitative estimate of drug-likeness (QED) is 0.491. The van der Waals surface area contributed by atoms with Crippen LogP contribution in [0.15, 0.2) is 24.3 Å². The summed E-state index contributed by atoms with van der Waals surface area (Å²) in [5.41, 5.74) is -0.826. The fraction of sp³-hybridized carbons (Fsp3) is 0.333. The predicted octanol–water partition coefficient (Wildman–Crippen LogP) is 4.66. The van der Waals surface area contributed by atoms with Gasteiger partial charge in [0.25, 0.3) is 0 Å². The van der Waals surface area contributed by atoms with E-state index in [0.29, 0.717) is 13.1 Å². The standard InChI is InChI=1S/C18H16F5NO/c19-13-12(14(20)16(22)17(23)15(13)21)18(24-8-4-1-5-9-24)10-6-2-3-7-11(10)25/h2-3,6-7,18,25H,1,4-5,8-9H2. The van der Waals surface area contributed by atoms with Crippen LogP contribution in [0.4, 0.5) is 22.0 Å². The number of hydrogen-bond acceptors (Lipinski definition) is 2. The molecule has 1 fully saturated rings. The fourth-order valence-corrected chi connectivity index (χ4v) is 3.29. The first-order chi connectivity index (χ1) is 11.9. The van der Waals surface area contributed by atoms with Crippen molar-refractivity contribution in [3.8, 4) is 5.75 Å². The third-order valence-corrected chi connectivity index (χ3v) is 4.50. The molecule has 1 aliphatic heterocycles. The minimum atomic E-state index is -2.19. The van der Waals surface area contributed by atoms with Gasteiger partial charge in [-0.25, -0.2) is 22.0 Å². The molecule has 0 radical (unpaired) electrons. The highest BCUT2D eigenvalue weighted by molar-refractivity contribution is 5.42. The van der Waals surface area contributed by atoms with Crippen molar-refractivity contribution in [3.63, 3.8) is 0 Å². The lowest BCUT2D eigenvalue weighted by molar-refractivity contribution is 0.176. The maximum Gasteiger partial charge on any atom is 0.200 e. The maximum atomic E-state index is 14.4. The van der Waals surface area contributed by atoms with Crippen LogP contribution in [-0.4, -0.2) is 23.1 Å². The Morgan fingerprint density at radius 3 is 1.84 bits per heavy atom. The zero-order valence-electron chi connectivity index (χ0n) is 13.2. The summed E-state index contributed by atoms with van der Waals surface area (Å²) < 4.78 is 69.6. The molecule has 1 heterocycles. The first-order valence-electron chi connectivity index (χ1n) is 7.96. The number of hydrogen-bond donors (Lipinski definition) is 1. The normalized spacial score (nSPS) is 16.8. The van der Waals surface area contributed by atoms with Crippen LogP contribution in [0.3, 0.4) is 0 Å². The molecule has 2 nitrogen and oxygen atoms in total. The molecule has 1 aliphatic rings. The number of phenols is 1. The lowest BCUT2D eigenvalue weighted by Gasteiger charge is -2.35. The number of para-hydroxylation sites is 1.